The molecule has 0 saturated carbocycles. The van der Waals surface area contributed by atoms with Gasteiger partial charge in [0.1, 0.15) is 5.82 Å². The van der Waals surface area contributed by atoms with E-state index in [1.54, 1.807) is 6.07 Å². The topological polar surface area (TPSA) is 43.1 Å². The third-order valence-corrected chi connectivity index (χ3v) is 2.38. The van der Waals surface area contributed by atoms with Gasteiger partial charge in [0.25, 0.3) is 0 Å². The SMILES string of the molecule is CC(=O)C(N)c1ccc(Br)c(F)c1. The summed E-state index contributed by atoms with van der Waals surface area (Å²) in [6, 6.07) is 3.69. The van der Waals surface area contributed by atoms with E-state index in [0.29, 0.717) is 10.0 Å². The van der Waals surface area contributed by atoms with Crippen LogP contribution >= 0.6 is 15.9 Å². The molecule has 2 nitrogen and oxygen atoms in total. The molecule has 0 saturated heterocycles. The lowest BCUT2D eigenvalue weighted by atomic mass is 10.0. The van der Waals surface area contributed by atoms with E-state index in [4.69, 9.17) is 5.73 Å². The maximum atomic E-state index is 13.0. The van der Waals surface area contributed by atoms with Crippen LogP contribution < -0.4 is 5.73 Å². The molecular weight excluding hydrogens is 237 g/mol. The zero-order chi connectivity index (χ0) is 10.0. The summed E-state index contributed by atoms with van der Waals surface area (Å²) < 4.78 is 13.4. The molecule has 0 spiro atoms. The van der Waals surface area contributed by atoms with Crippen molar-refractivity contribution in [1.29, 1.82) is 0 Å². The van der Waals surface area contributed by atoms with Crippen LogP contribution in [0.2, 0.25) is 0 Å². The van der Waals surface area contributed by atoms with Crippen molar-refractivity contribution in [3.63, 3.8) is 0 Å². The van der Waals surface area contributed by atoms with E-state index in [1.807, 2.05) is 0 Å². The molecule has 0 heterocycles. The summed E-state index contributed by atoms with van der Waals surface area (Å²) in [5, 5.41) is 0. The highest BCUT2D eigenvalue weighted by molar-refractivity contribution is 9.10. The van der Waals surface area contributed by atoms with Crippen LogP contribution in [0.25, 0.3) is 0 Å². The zero-order valence-electron chi connectivity index (χ0n) is 7.05. The Morgan fingerprint density at radius 3 is 2.69 bits per heavy atom. The molecule has 0 aromatic heterocycles. The number of Topliss-reactive ketones (excluding diaryl/α,β-unsaturated/α-hetero) is 1. The second kappa shape index (κ2) is 3.98. The van der Waals surface area contributed by atoms with Crippen LogP contribution in [-0.2, 0) is 4.79 Å². The van der Waals surface area contributed by atoms with Crippen molar-refractivity contribution in [2.75, 3.05) is 0 Å². The molecule has 70 valence electrons. The Kier molecular flexibility index (Phi) is 3.17. The average molecular weight is 246 g/mol. The van der Waals surface area contributed by atoms with Crippen molar-refractivity contribution in [2.45, 2.75) is 13.0 Å². The lowest BCUT2D eigenvalue weighted by Crippen LogP contribution is -2.18. The Balaban J connectivity index is 3.03. The summed E-state index contributed by atoms with van der Waals surface area (Å²) in [5.74, 6) is -0.587. The second-order valence-corrected chi connectivity index (χ2v) is 3.62. The fourth-order valence-corrected chi connectivity index (χ4v) is 1.19. The number of rotatable bonds is 2. The molecule has 2 N–H and O–H groups in total. The number of halogens is 2. The van der Waals surface area contributed by atoms with Crippen LogP contribution in [0.1, 0.15) is 18.5 Å². The van der Waals surface area contributed by atoms with Gasteiger partial charge in [-0.25, -0.2) is 4.39 Å². The van der Waals surface area contributed by atoms with E-state index < -0.39 is 11.9 Å². The fraction of sp³-hybridized carbons (Fsp3) is 0.222. The molecule has 0 aliphatic heterocycles. The van der Waals surface area contributed by atoms with Crippen LogP contribution in [0.3, 0.4) is 0 Å². The summed E-state index contributed by atoms with van der Waals surface area (Å²) in [6.45, 7) is 1.38. The van der Waals surface area contributed by atoms with Gasteiger partial charge in [-0.3, -0.25) is 4.79 Å². The first-order valence-corrected chi connectivity index (χ1v) is 4.52. The lowest BCUT2D eigenvalue weighted by molar-refractivity contribution is -0.118. The molecule has 4 heteroatoms. The molecule has 1 atom stereocenters. The highest BCUT2D eigenvalue weighted by Crippen LogP contribution is 2.19. The molecule has 1 rings (SSSR count). The second-order valence-electron chi connectivity index (χ2n) is 2.76. The van der Waals surface area contributed by atoms with Crippen molar-refractivity contribution in [3.8, 4) is 0 Å². The standard InChI is InChI=1S/C9H9BrFNO/c1-5(13)9(12)6-2-3-7(10)8(11)4-6/h2-4,9H,12H2,1H3. The largest absolute Gasteiger partial charge is 0.318 e. The third kappa shape index (κ3) is 2.35. The van der Waals surface area contributed by atoms with Crippen LogP contribution in [-0.4, -0.2) is 5.78 Å². The number of nitrogens with two attached hydrogens (primary N) is 1. The van der Waals surface area contributed by atoms with Crippen molar-refractivity contribution < 1.29 is 9.18 Å². The maximum absolute atomic E-state index is 13.0. The summed E-state index contributed by atoms with van der Waals surface area (Å²) in [7, 11) is 0. The molecule has 1 aromatic rings. The third-order valence-electron chi connectivity index (χ3n) is 1.74. The predicted molar refractivity (Wildman–Crippen MR) is 51.7 cm³/mol. The molecule has 0 amide bonds. The minimum absolute atomic E-state index is 0.179. The highest BCUT2D eigenvalue weighted by atomic mass is 79.9. The Labute approximate surface area is 84.1 Å². The number of benzene rings is 1. The summed E-state index contributed by atoms with van der Waals surface area (Å²) in [4.78, 5) is 10.9. The van der Waals surface area contributed by atoms with Crippen LogP contribution in [0, 0.1) is 5.82 Å². The molecule has 1 unspecified atom stereocenters. The molecule has 0 aliphatic rings. The molecule has 13 heavy (non-hydrogen) atoms. The number of hydrogen-bond acceptors (Lipinski definition) is 2. The molecule has 0 fully saturated rings. The number of carbonyl (C=O) groups excluding carboxylic acids is 1. The fourth-order valence-electron chi connectivity index (χ4n) is 0.941. The summed E-state index contributed by atoms with van der Waals surface area (Å²) in [5.41, 5.74) is 6.02. The van der Waals surface area contributed by atoms with Crippen LogP contribution in [0.4, 0.5) is 4.39 Å². The first-order chi connectivity index (χ1) is 6.02. The van der Waals surface area contributed by atoms with Gasteiger partial charge in [-0.05, 0) is 40.5 Å². The Hall–Kier alpha value is -0.740. The van der Waals surface area contributed by atoms with Gasteiger partial charge in [0.2, 0.25) is 0 Å². The van der Waals surface area contributed by atoms with Crippen LogP contribution in [0.15, 0.2) is 22.7 Å². The lowest BCUT2D eigenvalue weighted by Gasteiger charge is -2.08. The van der Waals surface area contributed by atoms with Crippen molar-refractivity contribution in [1.82, 2.24) is 0 Å². The van der Waals surface area contributed by atoms with Gasteiger partial charge < -0.3 is 5.73 Å². The van der Waals surface area contributed by atoms with E-state index in [0.717, 1.165) is 0 Å². The van der Waals surface area contributed by atoms with Gasteiger partial charge in [0.15, 0.2) is 5.78 Å². The average Bonchev–Trinajstić information content (AvgIpc) is 2.08. The molecule has 1 aromatic carbocycles. The normalized spacial score (nSPS) is 12.6. The molecular formula is C9H9BrFNO. The number of hydrogen-bond donors (Lipinski definition) is 1. The molecule has 0 bridgehead atoms. The van der Waals surface area contributed by atoms with E-state index in [2.05, 4.69) is 15.9 Å². The predicted octanol–water partition coefficient (Wildman–Crippen LogP) is 2.18. The quantitative estimate of drug-likeness (QED) is 0.868. The van der Waals surface area contributed by atoms with E-state index in [9.17, 15) is 9.18 Å². The monoisotopic (exact) mass is 245 g/mol. The van der Waals surface area contributed by atoms with E-state index in [-0.39, 0.29) is 5.78 Å². The smallest absolute Gasteiger partial charge is 0.150 e. The Morgan fingerprint density at radius 1 is 1.62 bits per heavy atom. The zero-order valence-corrected chi connectivity index (χ0v) is 8.64. The Bertz CT molecular complexity index is 340. The van der Waals surface area contributed by atoms with Gasteiger partial charge in [-0.1, -0.05) is 6.07 Å². The number of ketones is 1. The van der Waals surface area contributed by atoms with Gasteiger partial charge in [-0.15, -0.1) is 0 Å². The van der Waals surface area contributed by atoms with Gasteiger partial charge in [-0.2, -0.15) is 0 Å². The van der Waals surface area contributed by atoms with E-state index in [1.165, 1.54) is 19.1 Å². The van der Waals surface area contributed by atoms with E-state index >= 15 is 0 Å². The van der Waals surface area contributed by atoms with Crippen molar-refractivity contribution >= 4 is 21.7 Å². The minimum Gasteiger partial charge on any atom is -0.318 e. The minimum atomic E-state index is -0.734. The van der Waals surface area contributed by atoms with Crippen molar-refractivity contribution in [2.24, 2.45) is 5.73 Å². The van der Waals surface area contributed by atoms with Crippen molar-refractivity contribution in [3.05, 3.63) is 34.1 Å². The highest BCUT2D eigenvalue weighted by Gasteiger charge is 2.12. The maximum Gasteiger partial charge on any atom is 0.150 e. The summed E-state index contributed by atoms with van der Waals surface area (Å²) in [6.07, 6.45) is 0. The summed E-state index contributed by atoms with van der Waals surface area (Å²) >= 11 is 3.01. The van der Waals surface area contributed by atoms with Crippen LogP contribution in [0.5, 0.6) is 0 Å². The number of carbonyl (C=O) groups is 1. The van der Waals surface area contributed by atoms with Gasteiger partial charge in [0.05, 0.1) is 10.5 Å². The first kappa shape index (κ1) is 10.3. The van der Waals surface area contributed by atoms with Gasteiger partial charge >= 0.3 is 0 Å². The first-order valence-electron chi connectivity index (χ1n) is 3.73. The molecule has 0 radical (unpaired) electrons. The van der Waals surface area contributed by atoms with Gasteiger partial charge in [0, 0.05) is 0 Å². The molecule has 0 aliphatic carbocycles. The Morgan fingerprint density at radius 2 is 2.23 bits per heavy atom.